The van der Waals surface area contributed by atoms with Gasteiger partial charge >= 0.3 is 20.5 Å². The summed E-state index contributed by atoms with van der Waals surface area (Å²) < 4.78 is 10.9. The van der Waals surface area contributed by atoms with E-state index in [1.165, 1.54) is 0 Å². The van der Waals surface area contributed by atoms with E-state index in [-0.39, 0.29) is 6.61 Å². The number of benzene rings is 3. The summed E-state index contributed by atoms with van der Waals surface area (Å²) in [5.74, 6) is 0. The molecule has 0 fully saturated rings. The Labute approximate surface area is 176 Å². The van der Waals surface area contributed by atoms with Crippen LogP contribution in [0.4, 0.5) is 9.59 Å². The molecule has 2 amide bonds. The molecule has 3 aromatic rings. The molecule has 152 valence electrons. The van der Waals surface area contributed by atoms with Gasteiger partial charge in [-0.2, -0.15) is 0 Å². The molecule has 0 heterocycles. The van der Waals surface area contributed by atoms with Crippen molar-refractivity contribution in [3.8, 4) is 0 Å². The molecule has 3 aromatic carbocycles. The highest BCUT2D eigenvalue weighted by atomic mass is 28.4. The van der Waals surface area contributed by atoms with Gasteiger partial charge in [-0.15, -0.1) is 0 Å². The van der Waals surface area contributed by atoms with E-state index in [2.05, 4.69) is 10.2 Å². The molecular formula is C23H22N2O4Si. The van der Waals surface area contributed by atoms with Crippen LogP contribution < -0.4 is 15.6 Å². The molecule has 30 heavy (non-hydrogen) atoms. The van der Waals surface area contributed by atoms with Crippen LogP contribution in [0, 0.1) is 0 Å². The van der Waals surface area contributed by atoms with Gasteiger partial charge in [0, 0.05) is 0 Å². The van der Waals surface area contributed by atoms with E-state index in [0.29, 0.717) is 6.42 Å². The Bertz CT molecular complexity index is 899. The Hall–Kier alpha value is -3.58. The molecule has 0 spiro atoms. The van der Waals surface area contributed by atoms with E-state index in [4.69, 9.17) is 9.16 Å². The maximum atomic E-state index is 12.7. The predicted octanol–water partition coefficient (Wildman–Crippen LogP) is 3.79. The van der Waals surface area contributed by atoms with E-state index in [1.54, 1.807) is 0 Å². The first-order valence-corrected chi connectivity index (χ1v) is 11.6. The van der Waals surface area contributed by atoms with Crippen LogP contribution in [-0.4, -0.2) is 27.1 Å². The van der Waals surface area contributed by atoms with Crippen molar-refractivity contribution in [2.45, 2.75) is 13.3 Å². The van der Waals surface area contributed by atoms with Gasteiger partial charge in [0.05, 0.1) is 6.61 Å². The third kappa shape index (κ3) is 4.87. The molecule has 3 rings (SSSR count). The minimum atomic E-state index is -3.24. The normalized spacial score (nSPS) is 11.2. The zero-order valence-corrected chi connectivity index (χ0v) is 17.6. The number of carbonyl (C=O) groups is 2. The second-order valence-electron chi connectivity index (χ2n) is 6.46. The number of nitrogens with zero attached hydrogens (tertiary/aromatic N) is 2. The van der Waals surface area contributed by atoms with Crippen molar-refractivity contribution in [1.29, 1.82) is 0 Å². The molecule has 0 unspecified atom stereocenters. The van der Waals surface area contributed by atoms with Gasteiger partial charge in [0.2, 0.25) is 0 Å². The monoisotopic (exact) mass is 418 g/mol. The first-order valence-electron chi connectivity index (χ1n) is 9.65. The highest BCUT2D eigenvalue weighted by molar-refractivity contribution is 7.07. The molecule has 0 saturated heterocycles. The van der Waals surface area contributed by atoms with E-state index >= 15 is 0 Å². The van der Waals surface area contributed by atoms with Crippen LogP contribution in [0.3, 0.4) is 0 Å². The molecule has 0 bridgehead atoms. The molecule has 7 heteroatoms. The largest absolute Gasteiger partial charge is 0.487 e. The summed E-state index contributed by atoms with van der Waals surface area (Å²) in [6.07, 6.45) is -1.20. The molecule has 0 aliphatic rings. The van der Waals surface area contributed by atoms with Gasteiger partial charge in [0.15, 0.2) is 0 Å². The van der Waals surface area contributed by atoms with Gasteiger partial charge in [-0.25, -0.2) is 9.59 Å². The van der Waals surface area contributed by atoms with Gasteiger partial charge in [0.1, 0.15) is 0 Å². The van der Waals surface area contributed by atoms with Crippen LogP contribution >= 0.6 is 0 Å². The zero-order valence-electron chi connectivity index (χ0n) is 16.6. The van der Waals surface area contributed by atoms with Crippen molar-refractivity contribution in [2.24, 2.45) is 10.2 Å². The van der Waals surface area contributed by atoms with Crippen molar-refractivity contribution in [1.82, 2.24) is 0 Å². The number of azo groups is 1. The fourth-order valence-corrected chi connectivity index (χ4v) is 6.79. The van der Waals surface area contributed by atoms with Crippen molar-refractivity contribution >= 4 is 36.1 Å². The lowest BCUT2D eigenvalue weighted by Crippen LogP contribution is -2.69. The molecule has 0 aliphatic heterocycles. The van der Waals surface area contributed by atoms with E-state index in [9.17, 15) is 9.59 Å². The smallest absolute Gasteiger partial charge is 0.452 e. The van der Waals surface area contributed by atoms with E-state index < -0.39 is 20.5 Å². The predicted molar refractivity (Wildman–Crippen MR) is 117 cm³/mol. The number of hydrogen-bond donors (Lipinski definition) is 0. The maximum absolute atomic E-state index is 12.7. The van der Waals surface area contributed by atoms with Crippen LogP contribution in [0.2, 0.25) is 0 Å². The van der Waals surface area contributed by atoms with Crippen molar-refractivity contribution < 1.29 is 18.8 Å². The molecule has 0 aliphatic carbocycles. The van der Waals surface area contributed by atoms with Crippen LogP contribution in [0.5, 0.6) is 0 Å². The molecule has 0 atom stereocenters. The molecule has 0 radical (unpaired) electrons. The lowest BCUT2D eigenvalue weighted by Gasteiger charge is -2.31. The SMILES string of the molecule is CCCOC(=O)/N=N/C(=O)O[Si](c1ccccc1)(c1ccccc1)c1ccccc1. The quantitative estimate of drug-likeness (QED) is 0.347. The highest BCUT2D eigenvalue weighted by Crippen LogP contribution is 2.11. The first kappa shape index (κ1) is 21.1. The molecule has 6 nitrogen and oxygen atoms in total. The van der Waals surface area contributed by atoms with Crippen LogP contribution in [-0.2, 0) is 9.16 Å². The minimum Gasteiger partial charge on any atom is -0.487 e. The first-order chi connectivity index (χ1) is 14.7. The highest BCUT2D eigenvalue weighted by Gasteiger charge is 2.45. The van der Waals surface area contributed by atoms with Crippen molar-refractivity contribution in [2.75, 3.05) is 6.61 Å². The molecule has 0 N–H and O–H groups in total. The van der Waals surface area contributed by atoms with Gasteiger partial charge < -0.3 is 9.16 Å². The minimum absolute atomic E-state index is 0.212. The Kier molecular flexibility index (Phi) is 7.23. The standard InChI is InChI=1S/C23H22N2O4Si/c1-2-18-28-22(26)24-25-23(27)29-30(19-12-6-3-7-13-19,20-14-8-4-9-15-20)21-16-10-5-11-17-21/h3-17H,2,18H2,1H3/b25-24+. The number of carbonyl (C=O) groups excluding carboxylic acids is 2. The summed E-state index contributed by atoms with van der Waals surface area (Å²) in [6.45, 7) is 2.07. The topological polar surface area (TPSA) is 77.3 Å². The van der Waals surface area contributed by atoms with Gasteiger partial charge in [-0.05, 0) is 22.0 Å². The number of rotatable bonds is 6. The van der Waals surface area contributed by atoms with E-state index in [1.807, 2.05) is 97.9 Å². The van der Waals surface area contributed by atoms with Crippen LogP contribution in [0.15, 0.2) is 101 Å². The van der Waals surface area contributed by atoms with Gasteiger partial charge in [-0.1, -0.05) is 108 Å². The van der Waals surface area contributed by atoms with Gasteiger partial charge in [-0.3, -0.25) is 0 Å². The summed E-state index contributed by atoms with van der Waals surface area (Å²) in [5, 5.41) is 9.42. The third-order valence-corrected chi connectivity index (χ3v) is 8.34. The van der Waals surface area contributed by atoms with E-state index in [0.717, 1.165) is 15.6 Å². The Morgan fingerprint density at radius 2 is 1.10 bits per heavy atom. The number of hydrogen-bond acceptors (Lipinski definition) is 4. The number of amides is 2. The van der Waals surface area contributed by atoms with Crippen molar-refractivity contribution in [3.05, 3.63) is 91.0 Å². The summed E-state index contributed by atoms with van der Waals surface area (Å²) in [5.41, 5.74) is 0. The van der Waals surface area contributed by atoms with Crippen LogP contribution in [0.25, 0.3) is 0 Å². The molecule has 0 aromatic heterocycles. The number of ether oxygens (including phenoxy) is 1. The lowest BCUT2D eigenvalue weighted by atomic mass is 10.3. The lowest BCUT2D eigenvalue weighted by molar-refractivity contribution is 0.154. The summed E-state index contributed by atoms with van der Waals surface area (Å²) in [7, 11) is -3.24. The molecule has 0 saturated carbocycles. The Morgan fingerprint density at radius 3 is 1.50 bits per heavy atom. The van der Waals surface area contributed by atoms with Gasteiger partial charge in [0.25, 0.3) is 0 Å². The summed E-state index contributed by atoms with van der Waals surface area (Å²) >= 11 is 0. The second-order valence-corrected chi connectivity index (χ2v) is 9.76. The second kappa shape index (κ2) is 10.3. The fraction of sp³-hybridized carbons (Fsp3) is 0.130. The van der Waals surface area contributed by atoms with Crippen molar-refractivity contribution in [3.63, 3.8) is 0 Å². The zero-order chi connectivity index (χ0) is 21.2. The average molecular weight is 419 g/mol. The van der Waals surface area contributed by atoms with Crippen LogP contribution in [0.1, 0.15) is 13.3 Å². The average Bonchev–Trinajstić information content (AvgIpc) is 2.81. The molecular weight excluding hydrogens is 396 g/mol. The fourth-order valence-electron chi connectivity index (χ4n) is 3.15. The third-order valence-electron chi connectivity index (χ3n) is 4.42. The Balaban J connectivity index is 2.07. The summed E-state index contributed by atoms with van der Waals surface area (Å²) in [4.78, 5) is 24.3. The summed E-state index contributed by atoms with van der Waals surface area (Å²) in [6, 6.07) is 28.8. The Morgan fingerprint density at radius 1 is 0.700 bits per heavy atom. The maximum Gasteiger partial charge on any atom is 0.452 e.